The molecule has 0 radical (unpaired) electrons. The van der Waals surface area contributed by atoms with Crippen LogP contribution in [0.1, 0.15) is 18.4 Å². The first-order valence-electron chi connectivity index (χ1n) is 9.92. The number of benzene rings is 2. The number of nitrogens with zero attached hydrogens (tertiary/aromatic N) is 2. The van der Waals surface area contributed by atoms with Gasteiger partial charge in [0.05, 0.1) is 18.8 Å². The summed E-state index contributed by atoms with van der Waals surface area (Å²) in [4.78, 5) is 0. The number of rotatable bonds is 3. The summed E-state index contributed by atoms with van der Waals surface area (Å²) >= 11 is 0. The molecular weight excluding hydrogens is 395 g/mol. The molecule has 5 rings (SSSR count). The van der Waals surface area contributed by atoms with Gasteiger partial charge in [0.2, 0.25) is 0 Å². The maximum atomic E-state index is 12.9. The zero-order valence-electron chi connectivity index (χ0n) is 16.0. The second kappa shape index (κ2) is 7.12. The van der Waals surface area contributed by atoms with Crippen molar-refractivity contribution in [1.82, 2.24) is 10.2 Å². The first-order valence-corrected chi connectivity index (χ1v) is 9.92. The molecule has 1 aliphatic heterocycles. The van der Waals surface area contributed by atoms with E-state index in [9.17, 15) is 18.3 Å². The number of anilines is 1. The van der Waals surface area contributed by atoms with E-state index >= 15 is 0 Å². The third kappa shape index (κ3) is 3.25. The van der Waals surface area contributed by atoms with E-state index in [0.29, 0.717) is 28.7 Å². The average Bonchev–Trinajstić information content (AvgIpc) is 2.94. The van der Waals surface area contributed by atoms with Gasteiger partial charge in [-0.15, -0.1) is 10.2 Å². The molecule has 8 heteroatoms. The highest BCUT2D eigenvalue weighted by Crippen LogP contribution is 2.41. The van der Waals surface area contributed by atoms with Gasteiger partial charge < -0.3 is 15.2 Å². The van der Waals surface area contributed by atoms with E-state index in [2.05, 4.69) is 15.5 Å². The molecule has 2 unspecified atom stereocenters. The Morgan fingerprint density at radius 2 is 1.67 bits per heavy atom. The number of aromatic nitrogens is 2. The molecule has 2 atom stereocenters. The molecule has 30 heavy (non-hydrogen) atoms. The minimum Gasteiger partial charge on any atom is -0.507 e. The second-order valence-electron chi connectivity index (χ2n) is 7.98. The highest BCUT2D eigenvalue weighted by atomic mass is 19.4. The number of aromatic hydroxyl groups is 1. The van der Waals surface area contributed by atoms with Gasteiger partial charge in [-0.1, -0.05) is 24.3 Å². The van der Waals surface area contributed by atoms with E-state index < -0.39 is 17.5 Å². The van der Waals surface area contributed by atoms with Crippen LogP contribution in [0.5, 0.6) is 5.75 Å². The maximum Gasteiger partial charge on any atom is 0.416 e. The monoisotopic (exact) mass is 415 g/mol. The van der Waals surface area contributed by atoms with Crippen molar-refractivity contribution in [1.29, 1.82) is 0 Å². The SMILES string of the molecule is Oc1cc(C(F)(F)F)ccc1-c1nnc(NC2C3CCC2COC3)c2ccccc12. The zero-order chi connectivity index (χ0) is 20.9. The molecule has 3 aromatic rings. The summed E-state index contributed by atoms with van der Waals surface area (Å²) in [5.41, 5.74) is -0.351. The second-order valence-corrected chi connectivity index (χ2v) is 7.98. The number of hydrogen-bond acceptors (Lipinski definition) is 5. The smallest absolute Gasteiger partial charge is 0.416 e. The quantitative estimate of drug-likeness (QED) is 0.640. The number of hydrogen-bond donors (Lipinski definition) is 2. The lowest BCUT2D eigenvalue weighted by atomic mass is 9.96. The van der Waals surface area contributed by atoms with E-state index in [0.717, 1.165) is 43.6 Å². The fourth-order valence-corrected chi connectivity index (χ4v) is 4.63. The summed E-state index contributed by atoms with van der Waals surface area (Å²) < 4.78 is 44.5. The molecule has 0 amide bonds. The number of fused-ring (bicyclic) bond motifs is 3. The largest absolute Gasteiger partial charge is 0.507 e. The molecule has 2 fully saturated rings. The Bertz CT molecular complexity index is 1090. The number of halogens is 3. The summed E-state index contributed by atoms with van der Waals surface area (Å²) in [6, 6.07) is 10.6. The van der Waals surface area contributed by atoms with E-state index in [1.807, 2.05) is 24.3 Å². The standard InChI is InChI=1S/C22H20F3N3O2/c23-22(24,25)14-7-8-17(18(29)9-14)20-15-3-1-2-4-16(15)21(28-27-20)26-19-12-5-6-13(19)11-30-10-12/h1-4,7-9,12-13,19,29H,5-6,10-11H2,(H,26,28). The fraction of sp³-hybridized carbons (Fsp3) is 0.364. The number of nitrogens with one attached hydrogen (secondary N) is 1. The molecule has 5 nitrogen and oxygen atoms in total. The van der Waals surface area contributed by atoms with Crippen LogP contribution in [0.2, 0.25) is 0 Å². The molecule has 2 aliphatic rings. The van der Waals surface area contributed by atoms with Gasteiger partial charge in [0.1, 0.15) is 11.4 Å². The van der Waals surface area contributed by atoms with E-state index in [1.165, 1.54) is 6.07 Å². The van der Waals surface area contributed by atoms with Gasteiger partial charge in [0.15, 0.2) is 5.82 Å². The summed E-state index contributed by atoms with van der Waals surface area (Å²) in [5, 5.41) is 24.0. The van der Waals surface area contributed by atoms with Crippen molar-refractivity contribution in [2.24, 2.45) is 11.8 Å². The van der Waals surface area contributed by atoms with Gasteiger partial charge in [-0.3, -0.25) is 0 Å². The number of alkyl halides is 3. The Morgan fingerprint density at radius 1 is 0.967 bits per heavy atom. The highest BCUT2D eigenvalue weighted by molar-refractivity contribution is 6.00. The van der Waals surface area contributed by atoms with Crippen molar-refractivity contribution < 1.29 is 23.0 Å². The lowest BCUT2D eigenvalue weighted by molar-refractivity contribution is -0.137. The van der Waals surface area contributed by atoms with Gasteiger partial charge in [0.25, 0.3) is 0 Å². The molecule has 2 bridgehead atoms. The van der Waals surface area contributed by atoms with Crippen LogP contribution in [0, 0.1) is 11.8 Å². The van der Waals surface area contributed by atoms with Crippen LogP contribution in [-0.4, -0.2) is 34.6 Å². The molecule has 2 N–H and O–H groups in total. The lowest BCUT2D eigenvalue weighted by Crippen LogP contribution is -2.39. The first-order chi connectivity index (χ1) is 14.4. The predicted octanol–water partition coefficient (Wildman–Crippen LogP) is 4.86. The van der Waals surface area contributed by atoms with E-state index in [4.69, 9.17) is 4.74 Å². The van der Waals surface area contributed by atoms with Crippen molar-refractivity contribution >= 4 is 16.6 Å². The van der Waals surface area contributed by atoms with Crippen LogP contribution in [-0.2, 0) is 10.9 Å². The molecule has 2 heterocycles. The van der Waals surface area contributed by atoms with Crippen LogP contribution in [0.3, 0.4) is 0 Å². The van der Waals surface area contributed by atoms with Crippen LogP contribution in [0.15, 0.2) is 42.5 Å². The lowest BCUT2D eigenvalue weighted by Gasteiger charge is -2.31. The van der Waals surface area contributed by atoms with Crippen molar-refractivity contribution in [3.05, 3.63) is 48.0 Å². The zero-order valence-corrected chi connectivity index (χ0v) is 16.0. The maximum absolute atomic E-state index is 12.9. The Balaban J connectivity index is 1.55. The molecule has 0 spiro atoms. The van der Waals surface area contributed by atoms with Gasteiger partial charge in [-0.25, -0.2) is 0 Å². The van der Waals surface area contributed by atoms with Crippen molar-refractivity contribution in [3.8, 4) is 17.0 Å². The Hall–Kier alpha value is -2.87. The molecule has 156 valence electrons. The molecule has 1 saturated heterocycles. The topological polar surface area (TPSA) is 67.3 Å². The Morgan fingerprint density at radius 3 is 2.33 bits per heavy atom. The van der Waals surface area contributed by atoms with Gasteiger partial charge in [-0.2, -0.15) is 13.2 Å². The summed E-state index contributed by atoms with van der Waals surface area (Å²) in [5.74, 6) is 1.03. The minimum absolute atomic E-state index is 0.212. The fourth-order valence-electron chi connectivity index (χ4n) is 4.63. The molecule has 1 aromatic heterocycles. The third-order valence-electron chi connectivity index (χ3n) is 6.16. The number of phenolic OH excluding ortho intramolecular Hbond substituents is 1. The van der Waals surface area contributed by atoms with Crippen molar-refractivity contribution in [3.63, 3.8) is 0 Å². The Kier molecular flexibility index (Phi) is 4.54. The molecular formula is C22H20F3N3O2. The van der Waals surface area contributed by atoms with Gasteiger partial charge >= 0.3 is 6.18 Å². The van der Waals surface area contributed by atoms with E-state index in [1.54, 1.807) is 0 Å². The predicted molar refractivity (Wildman–Crippen MR) is 106 cm³/mol. The third-order valence-corrected chi connectivity index (χ3v) is 6.16. The molecule has 2 aromatic carbocycles. The summed E-state index contributed by atoms with van der Waals surface area (Å²) in [7, 11) is 0. The summed E-state index contributed by atoms with van der Waals surface area (Å²) in [6.07, 6.45) is -2.29. The van der Waals surface area contributed by atoms with Crippen molar-refractivity contribution in [2.75, 3.05) is 18.5 Å². The van der Waals surface area contributed by atoms with Gasteiger partial charge in [-0.05, 0) is 31.0 Å². The minimum atomic E-state index is -4.53. The normalized spacial score (nSPS) is 23.6. The van der Waals surface area contributed by atoms with Crippen LogP contribution in [0.4, 0.5) is 19.0 Å². The average molecular weight is 415 g/mol. The molecule has 1 aliphatic carbocycles. The number of ether oxygens (including phenoxy) is 1. The van der Waals surface area contributed by atoms with Crippen LogP contribution in [0.25, 0.3) is 22.0 Å². The van der Waals surface area contributed by atoms with Gasteiger partial charge in [0, 0.05) is 34.2 Å². The van der Waals surface area contributed by atoms with E-state index in [-0.39, 0.29) is 11.6 Å². The van der Waals surface area contributed by atoms with Crippen LogP contribution < -0.4 is 5.32 Å². The molecule has 1 saturated carbocycles. The van der Waals surface area contributed by atoms with Crippen LogP contribution >= 0.6 is 0 Å². The number of phenols is 1. The van der Waals surface area contributed by atoms with Crippen molar-refractivity contribution in [2.45, 2.75) is 25.1 Å². The summed E-state index contributed by atoms with van der Waals surface area (Å²) in [6.45, 7) is 1.47. The highest BCUT2D eigenvalue weighted by Gasteiger charge is 2.40. The first kappa shape index (κ1) is 19.1. The Labute approximate surface area is 170 Å².